The highest BCUT2D eigenvalue weighted by atomic mass is 32.2. The number of carboxylic acids is 1. The standard InChI is InChI=1S/C8H11F3N2O3S/c1-7(12,8(9,10)11)6(16)13-3-17-2-4(13)5(14)15/h4H,2-3,12H2,1H3,(H,14,15)/t4-,7?/m0/s1. The molecule has 1 saturated heterocycles. The summed E-state index contributed by atoms with van der Waals surface area (Å²) >= 11 is 1.08. The fourth-order valence-corrected chi connectivity index (χ4v) is 2.41. The van der Waals surface area contributed by atoms with Gasteiger partial charge in [0.2, 0.25) is 0 Å². The molecule has 9 heteroatoms. The number of carbonyl (C=O) groups excluding carboxylic acids is 1. The Labute approximate surface area is 99.1 Å². The van der Waals surface area contributed by atoms with Crippen LogP contribution in [0, 0.1) is 0 Å². The first-order valence-corrected chi connectivity index (χ1v) is 5.71. The summed E-state index contributed by atoms with van der Waals surface area (Å²) in [5.74, 6) is -2.78. The fraction of sp³-hybridized carbons (Fsp3) is 0.750. The number of nitrogens with zero attached hydrogens (tertiary/aromatic N) is 1. The lowest BCUT2D eigenvalue weighted by Crippen LogP contribution is -2.63. The number of amides is 1. The molecule has 5 nitrogen and oxygen atoms in total. The molecule has 1 amide bonds. The molecule has 1 aliphatic heterocycles. The van der Waals surface area contributed by atoms with Crippen molar-refractivity contribution in [3.05, 3.63) is 0 Å². The molecule has 17 heavy (non-hydrogen) atoms. The van der Waals surface area contributed by atoms with Crippen LogP contribution < -0.4 is 5.73 Å². The summed E-state index contributed by atoms with van der Waals surface area (Å²) in [6.45, 7) is 0.539. The molecule has 0 aromatic carbocycles. The van der Waals surface area contributed by atoms with Crippen LogP contribution in [0.15, 0.2) is 0 Å². The summed E-state index contributed by atoms with van der Waals surface area (Å²) in [5, 5.41) is 8.77. The predicted octanol–water partition coefficient (Wildman–Crippen LogP) is 0.252. The lowest BCUT2D eigenvalue weighted by atomic mass is 10.0. The van der Waals surface area contributed by atoms with E-state index in [1.165, 1.54) is 0 Å². The van der Waals surface area contributed by atoms with Crippen molar-refractivity contribution in [3.63, 3.8) is 0 Å². The zero-order valence-corrected chi connectivity index (χ0v) is 9.64. The van der Waals surface area contributed by atoms with Gasteiger partial charge in [0, 0.05) is 5.75 Å². The van der Waals surface area contributed by atoms with E-state index in [1.807, 2.05) is 0 Å². The molecule has 3 N–H and O–H groups in total. The van der Waals surface area contributed by atoms with Crippen LogP contribution in [0.2, 0.25) is 0 Å². The highest BCUT2D eigenvalue weighted by Crippen LogP contribution is 2.32. The number of rotatable bonds is 2. The Morgan fingerprint density at radius 3 is 2.41 bits per heavy atom. The first-order valence-electron chi connectivity index (χ1n) is 4.56. The Balaban J connectivity index is 2.94. The van der Waals surface area contributed by atoms with Gasteiger partial charge in [-0.25, -0.2) is 4.79 Å². The summed E-state index contributed by atoms with van der Waals surface area (Å²) in [6.07, 6.45) is -4.92. The number of thioether (sulfide) groups is 1. The molecule has 0 aromatic rings. The van der Waals surface area contributed by atoms with Crippen LogP contribution in [0.3, 0.4) is 0 Å². The van der Waals surface area contributed by atoms with E-state index < -0.39 is 29.6 Å². The Morgan fingerprint density at radius 1 is 1.47 bits per heavy atom. The Hall–Kier alpha value is -0.960. The summed E-state index contributed by atoms with van der Waals surface area (Å²) < 4.78 is 37.6. The zero-order chi connectivity index (χ0) is 13.4. The third-order valence-corrected chi connectivity index (χ3v) is 3.47. The van der Waals surface area contributed by atoms with Crippen LogP contribution in [-0.2, 0) is 9.59 Å². The number of hydrogen-bond acceptors (Lipinski definition) is 4. The van der Waals surface area contributed by atoms with E-state index in [-0.39, 0.29) is 11.6 Å². The van der Waals surface area contributed by atoms with E-state index in [9.17, 15) is 22.8 Å². The quantitative estimate of drug-likeness (QED) is 0.753. The van der Waals surface area contributed by atoms with Gasteiger partial charge in [0.05, 0.1) is 5.88 Å². The topological polar surface area (TPSA) is 83.6 Å². The molecule has 98 valence electrons. The van der Waals surface area contributed by atoms with Crippen molar-refractivity contribution in [1.82, 2.24) is 4.90 Å². The van der Waals surface area contributed by atoms with Gasteiger partial charge in [0.1, 0.15) is 6.04 Å². The normalized spacial score (nSPS) is 24.5. The minimum absolute atomic E-state index is 0.0645. The second-order valence-electron chi connectivity index (χ2n) is 3.83. The van der Waals surface area contributed by atoms with Crippen molar-refractivity contribution in [2.24, 2.45) is 5.73 Å². The number of carboxylic acid groups (broad SMARTS) is 1. The maximum Gasteiger partial charge on any atom is 0.415 e. The molecule has 0 aromatic heterocycles. The van der Waals surface area contributed by atoms with Crippen molar-refractivity contribution < 1.29 is 27.9 Å². The smallest absolute Gasteiger partial charge is 0.415 e. The molecule has 2 atom stereocenters. The number of halogens is 3. The Bertz CT molecular complexity index is 345. The fourth-order valence-electron chi connectivity index (χ4n) is 1.27. The SMILES string of the molecule is CC(N)(C(=O)N1CSC[C@H]1C(=O)O)C(F)(F)F. The summed E-state index contributed by atoms with van der Waals surface area (Å²) in [6, 6.07) is -1.25. The third-order valence-electron chi connectivity index (χ3n) is 2.46. The first-order chi connectivity index (χ1) is 7.59. The van der Waals surface area contributed by atoms with Crippen molar-refractivity contribution in [1.29, 1.82) is 0 Å². The lowest BCUT2D eigenvalue weighted by Gasteiger charge is -2.32. The van der Waals surface area contributed by atoms with Gasteiger partial charge in [-0.05, 0) is 6.92 Å². The second-order valence-corrected chi connectivity index (χ2v) is 4.83. The number of carbonyl (C=O) groups is 2. The van der Waals surface area contributed by atoms with Crippen LogP contribution in [0.4, 0.5) is 13.2 Å². The van der Waals surface area contributed by atoms with E-state index in [0.29, 0.717) is 11.8 Å². The maximum atomic E-state index is 12.5. The molecule has 0 bridgehead atoms. The Morgan fingerprint density at radius 2 is 2.00 bits per heavy atom. The molecule has 0 radical (unpaired) electrons. The van der Waals surface area contributed by atoms with Crippen molar-refractivity contribution in [2.75, 3.05) is 11.6 Å². The number of hydrogen-bond donors (Lipinski definition) is 2. The van der Waals surface area contributed by atoms with Crippen LogP contribution >= 0.6 is 11.8 Å². The number of aliphatic carboxylic acids is 1. The van der Waals surface area contributed by atoms with E-state index in [0.717, 1.165) is 11.8 Å². The summed E-state index contributed by atoms with van der Waals surface area (Å²) in [7, 11) is 0. The minimum Gasteiger partial charge on any atom is -0.480 e. The number of nitrogens with two attached hydrogens (primary N) is 1. The minimum atomic E-state index is -4.92. The van der Waals surface area contributed by atoms with Gasteiger partial charge in [0.15, 0.2) is 5.54 Å². The van der Waals surface area contributed by atoms with E-state index in [1.54, 1.807) is 0 Å². The third kappa shape index (κ3) is 2.49. The van der Waals surface area contributed by atoms with Crippen LogP contribution in [0.1, 0.15) is 6.92 Å². The molecule has 1 rings (SSSR count). The van der Waals surface area contributed by atoms with Crippen LogP contribution in [-0.4, -0.2) is 51.3 Å². The van der Waals surface area contributed by atoms with Gasteiger partial charge in [-0.2, -0.15) is 13.2 Å². The average molecular weight is 272 g/mol. The van der Waals surface area contributed by atoms with Crippen LogP contribution in [0.5, 0.6) is 0 Å². The molecule has 1 unspecified atom stereocenters. The lowest BCUT2D eigenvalue weighted by molar-refractivity contribution is -0.194. The van der Waals surface area contributed by atoms with Gasteiger partial charge in [0.25, 0.3) is 5.91 Å². The zero-order valence-electron chi connectivity index (χ0n) is 8.82. The molecular formula is C8H11F3N2O3S. The Kier molecular flexibility index (Phi) is 3.63. The van der Waals surface area contributed by atoms with E-state index in [4.69, 9.17) is 10.8 Å². The molecule has 0 aliphatic carbocycles. The van der Waals surface area contributed by atoms with Gasteiger partial charge in [-0.1, -0.05) is 0 Å². The van der Waals surface area contributed by atoms with Crippen LogP contribution in [0.25, 0.3) is 0 Å². The van der Waals surface area contributed by atoms with Crippen molar-refractivity contribution in [2.45, 2.75) is 24.7 Å². The van der Waals surface area contributed by atoms with Gasteiger partial charge in [-0.15, -0.1) is 11.8 Å². The second kappa shape index (κ2) is 4.37. The monoisotopic (exact) mass is 272 g/mol. The number of alkyl halides is 3. The molecule has 1 aliphatic rings. The van der Waals surface area contributed by atoms with Crippen molar-refractivity contribution >= 4 is 23.6 Å². The van der Waals surface area contributed by atoms with Gasteiger partial charge in [-0.3, -0.25) is 4.79 Å². The van der Waals surface area contributed by atoms with E-state index in [2.05, 4.69) is 0 Å². The highest BCUT2D eigenvalue weighted by molar-refractivity contribution is 7.99. The van der Waals surface area contributed by atoms with E-state index >= 15 is 0 Å². The summed E-state index contributed by atoms with van der Waals surface area (Å²) in [4.78, 5) is 23.0. The molecular weight excluding hydrogens is 261 g/mol. The summed E-state index contributed by atoms with van der Waals surface area (Å²) in [5.41, 5.74) is 1.90. The largest absolute Gasteiger partial charge is 0.480 e. The highest BCUT2D eigenvalue weighted by Gasteiger charge is 2.57. The molecule has 0 saturated carbocycles. The molecule has 0 spiro atoms. The maximum absolute atomic E-state index is 12.5. The predicted molar refractivity (Wildman–Crippen MR) is 54.2 cm³/mol. The van der Waals surface area contributed by atoms with Gasteiger partial charge < -0.3 is 15.7 Å². The molecule has 1 heterocycles. The van der Waals surface area contributed by atoms with Gasteiger partial charge >= 0.3 is 12.1 Å². The first kappa shape index (κ1) is 14.1. The average Bonchev–Trinajstić information content (AvgIpc) is 2.62. The van der Waals surface area contributed by atoms with Crippen molar-refractivity contribution in [3.8, 4) is 0 Å². The molecule has 1 fully saturated rings.